The van der Waals surface area contributed by atoms with Crippen molar-refractivity contribution >= 4 is 5.91 Å². The Balaban J connectivity index is 3.14. The number of hydrogen-bond acceptors (Lipinski definition) is 3. The summed E-state index contributed by atoms with van der Waals surface area (Å²) in [4.78, 5) is 10.4. The zero-order valence-corrected chi connectivity index (χ0v) is 7.58. The van der Waals surface area contributed by atoms with Gasteiger partial charge in [0, 0.05) is 6.61 Å². The number of nitrogens with two attached hydrogens (primary N) is 2. The predicted molar refractivity (Wildman–Crippen MR) is 47.5 cm³/mol. The van der Waals surface area contributed by atoms with E-state index in [-0.39, 0.29) is 6.61 Å². The van der Waals surface area contributed by atoms with E-state index in [0.29, 0.717) is 6.61 Å². The SMILES string of the molecule is CCCCCOCC(N)C(N)=O. The molecule has 0 rings (SSSR count). The average molecular weight is 174 g/mol. The second-order valence-corrected chi connectivity index (χ2v) is 2.79. The minimum atomic E-state index is -0.661. The van der Waals surface area contributed by atoms with Crippen LogP contribution in [0.4, 0.5) is 0 Å². The number of primary amides is 1. The van der Waals surface area contributed by atoms with E-state index in [9.17, 15) is 4.79 Å². The molecule has 4 heteroatoms. The summed E-state index contributed by atoms with van der Waals surface area (Å²) < 4.78 is 5.13. The first kappa shape index (κ1) is 11.4. The Kier molecular flexibility index (Phi) is 6.70. The molecule has 0 aromatic rings. The van der Waals surface area contributed by atoms with Gasteiger partial charge >= 0.3 is 0 Å². The van der Waals surface area contributed by atoms with Crippen LogP contribution in [-0.2, 0) is 9.53 Å². The van der Waals surface area contributed by atoms with Crippen LogP contribution in [0.3, 0.4) is 0 Å². The number of carbonyl (C=O) groups is 1. The third kappa shape index (κ3) is 6.12. The zero-order chi connectivity index (χ0) is 9.40. The number of carbonyl (C=O) groups excluding carboxylic acids is 1. The van der Waals surface area contributed by atoms with Crippen LogP contribution in [0, 0.1) is 0 Å². The highest BCUT2D eigenvalue weighted by molar-refractivity contribution is 5.79. The molecular weight excluding hydrogens is 156 g/mol. The van der Waals surface area contributed by atoms with E-state index in [1.165, 1.54) is 0 Å². The van der Waals surface area contributed by atoms with Gasteiger partial charge in [-0.25, -0.2) is 0 Å². The smallest absolute Gasteiger partial charge is 0.236 e. The molecule has 0 radical (unpaired) electrons. The molecule has 4 nitrogen and oxygen atoms in total. The van der Waals surface area contributed by atoms with Crippen LogP contribution in [0.25, 0.3) is 0 Å². The van der Waals surface area contributed by atoms with Gasteiger partial charge in [-0.15, -0.1) is 0 Å². The molecule has 72 valence electrons. The van der Waals surface area contributed by atoms with Crippen molar-refractivity contribution in [2.24, 2.45) is 11.5 Å². The lowest BCUT2D eigenvalue weighted by Gasteiger charge is -2.07. The van der Waals surface area contributed by atoms with Gasteiger partial charge in [0.25, 0.3) is 0 Å². The molecule has 0 aliphatic carbocycles. The van der Waals surface area contributed by atoms with Crippen molar-refractivity contribution in [3.05, 3.63) is 0 Å². The summed E-state index contributed by atoms with van der Waals surface area (Å²) >= 11 is 0. The Labute approximate surface area is 73.2 Å². The first-order chi connectivity index (χ1) is 5.68. The minimum absolute atomic E-state index is 0.235. The van der Waals surface area contributed by atoms with Crippen LogP contribution in [0.15, 0.2) is 0 Å². The highest BCUT2D eigenvalue weighted by atomic mass is 16.5. The summed E-state index contributed by atoms with van der Waals surface area (Å²) in [5.41, 5.74) is 10.3. The van der Waals surface area contributed by atoms with Gasteiger partial charge in [0.05, 0.1) is 6.61 Å². The molecule has 0 heterocycles. The third-order valence-corrected chi connectivity index (χ3v) is 1.56. The molecule has 0 saturated heterocycles. The standard InChI is InChI=1S/C8H18N2O2/c1-2-3-4-5-12-6-7(9)8(10)11/h7H,2-6,9H2,1H3,(H2,10,11). The molecule has 1 amide bonds. The maximum absolute atomic E-state index is 10.4. The summed E-state index contributed by atoms with van der Waals surface area (Å²) in [5.74, 6) is -0.509. The summed E-state index contributed by atoms with van der Waals surface area (Å²) in [6.07, 6.45) is 3.32. The van der Waals surface area contributed by atoms with Crippen molar-refractivity contribution in [1.82, 2.24) is 0 Å². The van der Waals surface area contributed by atoms with E-state index in [2.05, 4.69) is 6.92 Å². The van der Waals surface area contributed by atoms with E-state index in [1.807, 2.05) is 0 Å². The fourth-order valence-electron chi connectivity index (χ4n) is 0.747. The summed E-state index contributed by atoms with van der Waals surface area (Å²) in [6, 6.07) is -0.661. The minimum Gasteiger partial charge on any atom is -0.379 e. The Morgan fingerprint density at radius 1 is 1.50 bits per heavy atom. The van der Waals surface area contributed by atoms with Gasteiger partial charge in [0.15, 0.2) is 0 Å². The van der Waals surface area contributed by atoms with Crippen molar-refractivity contribution in [2.75, 3.05) is 13.2 Å². The van der Waals surface area contributed by atoms with E-state index >= 15 is 0 Å². The first-order valence-electron chi connectivity index (χ1n) is 4.31. The first-order valence-corrected chi connectivity index (χ1v) is 4.31. The number of rotatable bonds is 7. The molecule has 12 heavy (non-hydrogen) atoms. The van der Waals surface area contributed by atoms with Crippen molar-refractivity contribution in [3.63, 3.8) is 0 Å². The molecule has 1 atom stereocenters. The van der Waals surface area contributed by atoms with Gasteiger partial charge in [-0.2, -0.15) is 0 Å². The quantitative estimate of drug-likeness (QED) is 0.533. The number of amides is 1. The topological polar surface area (TPSA) is 78.3 Å². The van der Waals surface area contributed by atoms with Crippen LogP contribution >= 0.6 is 0 Å². The number of ether oxygens (including phenoxy) is 1. The Morgan fingerprint density at radius 3 is 2.67 bits per heavy atom. The maximum Gasteiger partial charge on any atom is 0.236 e. The van der Waals surface area contributed by atoms with Crippen molar-refractivity contribution in [1.29, 1.82) is 0 Å². The molecule has 0 aliphatic heterocycles. The van der Waals surface area contributed by atoms with Crippen molar-refractivity contribution in [2.45, 2.75) is 32.2 Å². The third-order valence-electron chi connectivity index (χ3n) is 1.56. The predicted octanol–water partition coefficient (Wildman–Crippen LogP) is 0.00580. The lowest BCUT2D eigenvalue weighted by Crippen LogP contribution is -2.40. The fourth-order valence-corrected chi connectivity index (χ4v) is 0.747. The second-order valence-electron chi connectivity index (χ2n) is 2.79. The van der Waals surface area contributed by atoms with E-state index in [0.717, 1.165) is 19.3 Å². The van der Waals surface area contributed by atoms with Crippen LogP contribution in [-0.4, -0.2) is 25.2 Å². The van der Waals surface area contributed by atoms with E-state index < -0.39 is 11.9 Å². The summed E-state index contributed by atoms with van der Waals surface area (Å²) in [5, 5.41) is 0. The van der Waals surface area contributed by atoms with Crippen molar-refractivity contribution < 1.29 is 9.53 Å². The Bertz CT molecular complexity index is 128. The van der Waals surface area contributed by atoms with Crippen LogP contribution < -0.4 is 11.5 Å². The summed E-state index contributed by atoms with van der Waals surface area (Å²) in [6.45, 7) is 3.02. The van der Waals surface area contributed by atoms with Gasteiger partial charge in [-0.05, 0) is 6.42 Å². The number of unbranched alkanes of at least 4 members (excludes halogenated alkanes) is 2. The second kappa shape index (κ2) is 7.06. The normalized spacial score (nSPS) is 12.8. The molecule has 1 unspecified atom stereocenters. The zero-order valence-electron chi connectivity index (χ0n) is 7.58. The maximum atomic E-state index is 10.4. The molecular formula is C8H18N2O2. The molecule has 0 saturated carbocycles. The molecule has 0 aromatic carbocycles. The molecule has 0 spiro atoms. The highest BCUT2D eigenvalue weighted by Gasteiger charge is 2.07. The molecule has 0 bridgehead atoms. The molecule has 4 N–H and O–H groups in total. The molecule has 0 aliphatic rings. The largest absolute Gasteiger partial charge is 0.379 e. The van der Waals surface area contributed by atoms with Crippen LogP contribution in [0.5, 0.6) is 0 Å². The van der Waals surface area contributed by atoms with Gasteiger partial charge in [-0.1, -0.05) is 19.8 Å². The van der Waals surface area contributed by atoms with Crippen molar-refractivity contribution in [3.8, 4) is 0 Å². The monoisotopic (exact) mass is 174 g/mol. The lowest BCUT2D eigenvalue weighted by atomic mass is 10.3. The molecule has 0 aromatic heterocycles. The summed E-state index contributed by atoms with van der Waals surface area (Å²) in [7, 11) is 0. The van der Waals surface area contributed by atoms with E-state index in [1.54, 1.807) is 0 Å². The fraction of sp³-hybridized carbons (Fsp3) is 0.875. The average Bonchev–Trinajstić information content (AvgIpc) is 2.03. The van der Waals surface area contributed by atoms with E-state index in [4.69, 9.17) is 16.2 Å². The van der Waals surface area contributed by atoms with Gasteiger partial charge in [0.2, 0.25) is 5.91 Å². The Hall–Kier alpha value is -0.610. The van der Waals surface area contributed by atoms with Gasteiger partial charge in [-0.3, -0.25) is 4.79 Å². The highest BCUT2D eigenvalue weighted by Crippen LogP contribution is 1.94. The molecule has 0 fully saturated rings. The van der Waals surface area contributed by atoms with Gasteiger partial charge < -0.3 is 16.2 Å². The van der Waals surface area contributed by atoms with Crippen LogP contribution in [0.1, 0.15) is 26.2 Å². The number of hydrogen-bond donors (Lipinski definition) is 2. The van der Waals surface area contributed by atoms with Crippen LogP contribution in [0.2, 0.25) is 0 Å². The lowest BCUT2D eigenvalue weighted by molar-refractivity contribution is -0.120. The Morgan fingerprint density at radius 2 is 2.17 bits per heavy atom. The van der Waals surface area contributed by atoms with Gasteiger partial charge in [0.1, 0.15) is 6.04 Å².